The van der Waals surface area contributed by atoms with Gasteiger partial charge in [0.2, 0.25) is 15.9 Å². The molecule has 28 heavy (non-hydrogen) atoms. The lowest BCUT2D eigenvalue weighted by Crippen LogP contribution is -2.40. The van der Waals surface area contributed by atoms with Crippen LogP contribution in [0, 0.1) is 6.92 Å². The van der Waals surface area contributed by atoms with Gasteiger partial charge in [-0.1, -0.05) is 24.3 Å². The Hall–Kier alpha value is -2.42. The van der Waals surface area contributed by atoms with E-state index >= 15 is 0 Å². The van der Waals surface area contributed by atoms with Crippen molar-refractivity contribution in [3.63, 3.8) is 0 Å². The van der Waals surface area contributed by atoms with Crippen LogP contribution >= 0.6 is 0 Å². The van der Waals surface area contributed by atoms with Crippen molar-refractivity contribution in [3.05, 3.63) is 54.1 Å². The summed E-state index contributed by atoms with van der Waals surface area (Å²) in [6.45, 7) is 3.95. The van der Waals surface area contributed by atoms with Crippen LogP contribution in [0.1, 0.15) is 12.0 Å². The molecule has 8 heteroatoms. The number of nitrogens with zero attached hydrogens (tertiary/aromatic N) is 1. The van der Waals surface area contributed by atoms with Gasteiger partial charge in [0.1, 0.15) is 0 Å². The first-order valence-corrected chi connectivity index (χ1v) is 10.7. The number of carbonyl (C=O) groups is 1. The molecule has 0 radical (unpaired) electrons. The Labute approximate surface area is 165 Å². The van der Waals surface area contributed by atoms with Gasteiger partial charge in [-0.2, -0.15) is 4.31 Å². The van der Waals surface area contributed by atoms with Crippen molar-refractivity contribution in [1.82, 2.24) is 4.31 Å². The lowest BCUT2D eigenvalue weighted by atomic mass is 10.2. The van der Waals surface area contributed by atoms with Crippen molar-refractivity contribution in [2.45, 2.75) is 18.2 Å². The van der Waals surface area contributed by atoms with Gasteiger partial charge in [0.15, 0.2) is 0 Å². The SMILES string of the molecule is Cc1ccccc1NCCC(=O)Nc1cccc(S(=O)(=O)N2CCOCC2)c1. The van der Waals surface area contributed by atoms with Crippen molar-refractivity contribution in [2.24, 2.45) is 0 Å². The highest BCUT2D eigenvalue weighted by atomic mass is 32.2. The fourth-order valence-corrected chi connectivity index (χ4v) is 4.43. The third-order valence-corrected chi connectivity index (χ3v) is 6.43. The number of rotatable bonds is 7. The maximum absolute atomic E-state index is 12.7. The van der Waals surface area contributed by atoms with E-state index in [1.54, 1.807) is 18.2 Å². The standard InChI is InChI=1S/C20H25N3O4S/c1-16-5-2-3-8-19(16)21-10-9-20(24)22-17-6-4-7-18(15-17)28(25,26)23-11-13-27-14-12-23/h2-8,15,21H,9-14H2,1H3,(H,22,24). The van der Waals surface area contributed by atoms with Crippen molar-refractivity contribution in [3.8, 4) is 0 Å². The number of hydrogen-bond donors (Lipinski definition) is 2. The Morgan fingerprint density at radius 1 is 1.11 bits per heavy atom. The number of amides is 1. The zero-order chi connectivity index (χ0) is 20.0. The number of para-hydroxylation sites is 1. The van der Waals surface area contributed by atoms with E-state index in [-0.39, 0.29) is 17.2 Å². The normalized spacial score (nSPS) is 15.2. The summed E-state index contributed by atoms with van der Waals surface area (Å²) >= 11 is 0. The highest BCUT2D eigenvalue weighted by molar-refractivity contribution is 7.89. The van der Waals surface area contributed by atoms with E-state index in [1.807, 2.05) is 31.2 Å². The number of carbonyl (C=O) groups excluding carboxylic acids is 1. The van der Waals surface area contributed by atoms with E-state index in [0.29, 0.717) is 38.5 Å². The first-order chi connectivity index (χ1) is 13.5. The van der Waals surface area contributed by atoms with Gasteiger partial charge in [-0.05, 0) is 36.8 Å². The highest BCUT2D eigenvalue weighted by Crippen LogP contribution is 2.21. The fourth-order valence-electron chi connectivity index (χ4n) is 2.98. The molecule has 150 valence electrons. The lowest BCUT2D eigenvalue weighted by Gasteiger charge is -2.26. The Morgan fingerprint density at radius 3 is 2.61 bits per heavy atom. The van der Waals surface area contributed by atoms with Crippen molar-refractivity contribution >= 4 is 27.3 Å². The second kappa shape index (κ2) is 9.18. The van der Waals surface area contributed by atoms with Crippen molar-refractivity contribution in [1.29, 1.82) is 0 Å². The third kappa shape index (κ3) is 5.09. The molecule has 2 aromatic carbocycles. The fraction of sp³-hybridized carbons (Fsp3) is 0.350. The van der Waals surface area contributed by atoms with Crippen LogP contribution in [0.4, 0.5) is 11.4 Å². The van der Waals surface area contributed by atoms with Crippen LogP contribution in [-0.4, -0.2) is 51.5 Å². The Kier molecular flexibility index (Phi) is 6.66. The number of hydrogen-bond acceptors (Lipinski definition) is 5. The monoisotopic (exact) mass is 403 g/mol. The number of ether oxygens (including phenoxy) is 1. The molecule has 0 atom stereocenters. The highest BCUT2D eigenvalue weighted by Gasteiger charge is 2.26. The Morgan fingerprint density at radius 2 is 1.86 bits per heavy atom. The first-order valence-electron chi connectivity index (χ1n) is 9.24. The maximum Gasteiger partial charge on any atom is 0.243 e. The molecule has 1 aliphatic heterocycles. The van der Waals surface area contributed by atoms with Crippen LogP contribution in [0.15, 0.2) is 53.4 Å². The average molecular weight is 404 g/mol. The largest absolute Gasteiger partial charge is 0.384 e. The second-order valence-electron chi connectivity index (χ2n) is 6.58. The van der Waals surface area contributed by atoms with E-state index in [9.17, 15) is 13.2 Å². The topological polar surface area (TPSA) is 87.7 Å². The summed E-state index contributed by atoms with van der Waals surface area (Å²) in [4.78, 5) is 12.4. The van der Waals surface area contributed by atoms with Gasteiger partial charge >= 0.3 is 0 Å². The van der Waals surface area contributed by atoms with Crippen LogP contribution in [-0.2, 0) is 19.6 Å². The third-order valence-electron chi connectivity index (χ3n) is 4.54. The van der Waals surface area contributed by atoms with E-state index in [1.165, 1.54) is 10.4 Å². The van der Waals surface area contributed by atoms with E-state index < -0.39 is 10.0 Å². The molecule has 0 saturated carbocycles. The first kappa shape index (κ1) is 20.3. The van der Waals surface area contributed by atoms with Gasteiger partial charge < -0.3 is 15.4 Å². The number of sulfonamides is 1. The molecule has 1 aliphatic rings. The molecule has 1 heterocycles. The summed E-state index contributed by atoms with van der Waals surface area (Å²) < 4.78 is 32.1. The zero-order valence-corrected chi connectivity index (χ0v) is 16.7. The van der Waals surface area contributed by atoms with Gasteiger partial charge in [0.05, 0.1) is 18.1 Å². The van der Waals surface area contributed by atoms with Crippen molar-refractivity contribution in [2.75, 3.05) is 43.5 Å². The minimum atomic E-state index is -3.59. The molecule has 0 bridgehead atoms. The molecular weight excluding hydrogens is 378 g/mol. The number of anilines is 2. The van der Waals surface area contributed by atoms with Crippen LogP contribution < -0.4 is 10.6 Å². The summed E-state index contributed by atoms with van der Waals surface area (Å²) in [5.41, 5.74) is 2.58. The van der Waals surface area contributed by atoms with Crippen LogP contribution in [0.5, 0.6) is 0 Å². The number of morpholine rings is 1. The zero-order valence-electron chi connectivity index (χ0n) is 15.8. The van der Waals surface area contributed by atoms with E-state index in [4.69, 9.17) is 4.74 Å². The lowest BCUT2D eigenvalue weighted by molar-refractivity contribution is -0.115. The van der Waals surface area contributed by atoms with Gasteiger partial charge in [-0.3, -0.25) is 4.79 Å². The van der Waals surface area contributed by atoms with Gasteiger partial charge in [0.25, 0.3) is 0 Å². The molecule has 0 aliphatic carbocycles. The van der Waals surface area contributed by atoms with Gasteiger partial charge in [0, 0.05) is 37.4 Å². The molecule has 7 nitrogen and oxygen atoms in total. The molecule has 2 N–H and O–H groups in total. The molecule has 2 aromatic rings. The molecule has 0 unspecified atom stereocenters. The van der Waals surface area contributed by atoms with Gasteiger partial charge in [-0.15, -0.1) is 0 Å². The van der Waals surface area contributed by atoms with E-state index in [0.717, 1.165) is 11.3 Å². The smallest absolute Gasteiger partial charge is 0.243 e. The number of nitrogens with one attached hydrogen (secondary N) is 2. The van der Waals surface area contributed by atoms with Crippen LogP contribution in [0.2, 0.25) is 0 Å². The van der Waals surface area contributed by atoms with Crippen LogP contribution in [0.3, 0.4) is 0 Å². The quantitative estimate of drug-likeness (QED) is 0.742. The maximum atomic E-state index is 12.7. The second-order valence-corrected chi connectivity index (χ2v) is 8.52. The average Bonchev–Trinajstić information content (AvgIpc) is 2.70. The summed E-state index contributed by atoms with van der Waals surface area (Å²) in [5, 5.41) is 6.00. The predicted octanol–water partition coefficient (Wildman–Crippen LogP) is 2.46. The molecule has 1 fully saturated rings. The molecule has 0 spiro atoms. The van der Waals surface area contributed by atoms with Crippen molar-refractivity contribution < 1.29 is 17.9 Å². The molecule has 1 amide bonds. The minimum absolute atomic E-state index is 0.172. The Balaban J connectivity index is 1.58. The molecule has 3 rings (SSSR count). The molecular formula is C20H25N3O4S. The van der Waals surface area contributed by atoms with E-state index in [2.05, 4.69) is 10.6 Å². The summed E-state index contributed by atoms with van der Waals surface area (Å²) in [7, 11) is -3.59. The predicted molar refractivity (Wildman–Crippen MR) is 109 cm³/mol. The minimum Gasteiger partial charge on any atom is -0.384 e. The summed E-state index contributed by atoms with van der Waals surface area (Å²) in [5.74, 6) is -0.179. The molecule has 0 aromatic heterocycles. The number of aryl methyl sites for hydroxylation is 1. The summed E-state index contributed by atoms with van der Waals surface area (Å²) in [6.07, 6.45) is 0.273. The number of benzene rings is 2. The molecule has 1 saturated heterocycles. The Bertz CT molecular complexity index is 925. The summed E-state index contributed by atoms with van der Waals surface area (Å²) in [6, 6.07) is 14.2. The van der Waals surface area contributed by atoms with Gasteiger partial charge in [-0.25, -0.2) is 8.42 Å². The van der Waals surface area contributed by atoms with Crippen LogP contribution in [0.25, 0.3) is 0 Å².